The van der Waals surface area contributed by atoms with Gasteiger partial charge in [0.2, 0.25) is 0 Å². The van der Waals surface area contributed by atoms with Crippen LogP contribution in [0.1, 0.15) is 28.4 Å². The fraction of sp³-hybridized carbons (Fsp3) is 0.150. The van der Waals surface area contributed by atoms with E-state index in [1.165, 1.54) is 0 Å². The van der Waals surface area contributed by atoms with Crippen LogP contribution in [0, 0.1) is 0 Å². The molecule has 0 atom stereocenters. The van der Waals surface area contributed by atoms with Crippen molar-refractivity contribution >= 4 is 17.9 Å². The molecule has 0 N–H and O–H groups in total. The number of fused-ring (bicyclic) bond motifs is 1. The normalized spacial score (nSPS) is 15.6. The van der Waals surface area contributed by atoms with Crippen LogP contribution in [0.4, 0.5) is 0 Å². The summed E-state index contributed by atoms with van der Waals surface area (Å²) in [6.45, 7) is 2.19. The van der Waals surface area contributed by atoms with Crippen LogP contribution in [0.2, 0.25) is 0 Å². The van der Waals surface area contributed by atoms with Crippen molar-refractivity contribution in [3.63, 3.8) is 0 Å². The Bertz CT molecular complexity index is 786. The summed E-state index contributed by atoms with van der Waals surface area (Å²) in [7, 11) is 1.58. The lowest BCUT2D eigenvalue weighted by molar-refractivity contribution is 0.0999. The number of benzene rings is 2. The zero-order valence-corrected chi connectivity index (χ0v) is 13.2. The molecule has 0 saturated carbocycles. The van der Waals surface area contributed by atoms with Gasteiger partial charge in [-0.2, -0.15) is 0 Å². The Morgan fingerprint density at radius 2 is 1.91 bits per heavy atom. The third-order valence-electron chi connectivity index (χ3n) is 3.70. The van der Waals surface area contributed by atoms with Gasteiger partial charge < -0.3 is 9.47 Å². The Morgan fingerprint density at radius 1 is 1.13 bits per heavy atom. The van der Waals surface area contributed by atoms with Gasteiger partial charge in [0.05, 0.1) is 12.7 Å². The molecule has 0 amide bonds. The first-order chi connectivity index (χ1) is 11.2. The maximum absolute atomic E-state index is 12.8. The summed E-state index contributed by atoms with van der Waals surface area (Å²) < 4.78 is 11.2. The molecule has 0 bridgehead atoms. The van der Waals surface area contributed by atoms with Crippen LogP contribution in [0.3, 0.4) is 0 Å². The molecule has 0 unspecified atom stereocenters. The van der Waals surface area contributed by atoms with E-state index in [9.17, 15) is 4.79 Å². The number of ether oxygens (including phenoxy) is 2. The zero-order valence-electron chi connectivity index (χ0n) is 13.2. The fourth-order valence-electron chi connectivity index (χ4n) is 2.63. The highest BCUT2D eigenvalue weighted by molar-refractivity contribution is 6.14. The molecular formula is C20H18O3. The van der Waals surface area contributed by atoms with E-state index < -0.39 is 0 Å². The average Bonchev–Trinajstić information content (AvgIpc) is 2.58. The summed E-state index contributed by atoms with van der Waals surface area (Å²) in [6.07, 6.45) is 5.74. The summed E-state index contributed by atoms with van der Waals surface area (Å²) in [4.78, 5) is 12.8. The molecule has 2 aromatic rings. The van der Waals surface area contributed by atoms with E-state index in [2.05, 4.69) is 0 Å². The molecule has 0 saturated heterocycles. The third-order valence-corrected chi connectivity index (χ3v) is 3.70. The molecule has 0 spiro atoms. The summed E-state index contributed by atoms with van der Waals surface area (Å²) in [5, 5.41) is 0. The van der Waals surface area contributed by atoms with Gasteiger partial charge in [0.15, 0.2) is 17.3 Å². The largest absolute Gasteiger partial charge is 0.493 e. The number of carbonyl (C=O) groups excluding carboxylic acids is 1. The number of rotatable bonds is 3. The quantitative estimate of drug-likeness (QED) is 0.789. The van der Waals surface area contributed by atoms with Crippen LogP contribution in [0.25, 0.3) is 12.2 Å². The van der Waals surface area contributed by atoms with Gasteiger partial charge in [-0.3, -0.25) is 4.79 Å². The van der Waals surface area contributed by atoms with E-state index >= 15 is 0 Å². The third kappa shape index (κ3) is 3.04. The molecule has 1 aliphatic rings. The molecular weight excluding hydrogens is 288 g/mol. The average molecular weight is 306 g/mol. The molecule has 23 heavy (non-hydrogen) atoms. The molecule has 0 aromatic heterocycles. The van der Waals surface area contributed by atoms with Gasteiger partial charge in [-0.05, 0) is 36.3 Å². The van der Waals surface area contributed by atoms with E-state index in [4.69, 9.17) is 9.47 Å². The van der Waals surface area contributed by atoms with Crippen molar-refractivity contribution in [2.75, 3.05) is 13.7 Å². The zero-order chi connectivity index (χ0) is 16.2. The maximum atomic E-state index is 12.8. The number of methoxy groups -OCH3 is 1. The van der Waals surface area contributed by atoms with E-state index in [0.29, 0.717) is 22.6 Å². The number of Topliss-reactive ketones (excluding diaryl/α,β-unsaturated/α-hetero) is 1. The Balaban J connectivity index is 2.05. The van der Waals surface area contributed by atoms with E-state index in [0.717, 1.165) is 11.1 Å². The second kappa shape index (κ2) is 6.53. The first-order valence-corrected chi connectivity index (χ1v) is 7.50. The van der Waals surface area contributed by atoms with Crippen molar-refractivity contribution in [2.24, 2.45) is 0 Å². The standard InChI is InChI=1S/C20H18O3/c1-3-7-15-11-17-19(21)16(10-14-8-5-4-6-9-14)13-23-20(17)18(12-15)22-2/h3-12H,13H2,1-2H3/b7-3+,16-10+. The Labute approximate surface area is 135 Å². The SMILES string of the molecule is C/C=C/c1cc(OC)c2c(c1)C(=O)/C(=C/c1ccccc1)CO2. The highest BCUT2D eigenvalue weighted by atomic mass is 16.5. The van der Waals surface area contributed by atoms with Gasteiger partial charge in [0.25, 0.3) is 0 Å². The summed E-state index contributed by atoms with van der Waals surface area (Å²) in [5.41, 5.74) is 3.09. The van der Waals surface area contributed by atoms with E-state index in [1.807, 2.05) is 67.6 Å². The lowest BCUT2D eigenvalue weighted by Gasteiger charge is -2.21. The predicted octanol–water partition coefficient (Wildman–Crippen LogP) is 4.39. The Morgan fingerprint density at radius 3 is 2.61 bits per heavy atom. The number of allylic oxidation sites excluding steroid dienone is 1. The van der Waals surface area contributed by atoms with Gasteiger partial charge in [0.1, 0.15) is 6.61 Å². The number of carbonyl (C=O) groups is 1. The number of ketones is 1. The van der Waals surface area contributed by atoms with Gasteiger partial charge in [-0.15, -0.1) is 0 Å². The molecule has 3 heteroatoms. The van der Waals surface area contributed by atoms with Crippen molar-refractivity contribution in [1.29, 1.82) is 0 Å². The molecule has 0 aliphatic carbocycles. The second-order valence-electron chi connectivity index (χ2n) is 5.30. The monoisotopic (exact) mass is 306 g/mol. The molecule has 0 fully saturated rings. The van der Waals surface area contributed by atoms with Crippen molar-refractivity contribution in [1.82, 2.24) is 0 Å². The van der Waals surface area contributed by atoms with Gasteiger partial charge in [-0.25, -0.2) is 0 Å². The second-order valence-corrected chi connectivity index (χ2v) is 5.30. The molecule has 3 rings (SSSR count). The lowest BCUT2D eigenvalue weighted by atomic mass is 9.96. The molecule has 2 aromatic carbocycles. The van der Waals surface area contributed by atoms with Crippen molar-refractivity contribution in [2.45, 2.75) is 6.92 Å². The number of hydrogen-bond donors (Lipinski definition) is 0. The van der Waals surface area contributed by atoms with Crippen LogP contribution in [0.5, 0.6) is 11.5 Å². The van der Waals surface area contributed by atoms with Crippen molar-refractivity contribution in [3.8, 4) is 11.5 Å². The highest BCUT2D eigenvalue weighted by Gasteiger charge is 2.26. The first-order valence-electron chi connectivity index (χ1n) is 7.50. The van der Waals surface area contributed by atoms with Crippen LogP contribution in [-0.4, -0.2) is 19.5 Å². The minimum absolute atomic E-state index is 0.0141. The van der Waals surface area contributed by atoms with Crippen molar-refractivity contribution < 1.29 is 14.3 Å². The fourth-order valence-corrected chi connectivity index (χ4v) is 2.63. The predicted molar refractivity (Wildman–Crippen MR) is 91.9 cm³/mol. The van der Waals surface area contributed by atoms with Gasteiger partial charge in [-0.1, -0.05) is 42.5 Å². The summed E-state index contributed by atoms with van der Waals surface area (Å²) >= 11 is 0. The minimum atomic E-state index is -0.0141. The van der Waals surface area contributed by atoms with Gasteiger partial charge >= 0.3 is 0 Å². The Kier molecular flexibility index (Phi) is 4.29. The molecule has 0 radical (unpaired) electrons. The minimum Gasteiger partial charge on any atom is -0.493 e. The Hall–Kier alpha value is -2.81. The highest BCUT2D eigenvalue weighted by Crippen LogP contribution is 2.38. The number of hydrogen-bond acceptors (Lipinski definition) is 3. The molecule has 116 valence electrons. The molecule has 1 heterocycles. The van der Waals surface area contributed by atoms with Crippen LogP contribution < -0.4 is 9.47 Å². The lowest BCUT2D eigenvalue weighted by Crippen LogP contribution is -2.19. The molecule has 1 aliphatic heterocycles. The van der Waals surface area contributed by atoms with Crippen LogP contribution in [0.15, 0.2) is 54.1 Å². The van der Waals surface area contributed by atoms with E-state index in [1.54, 1.807) is 7.11 Å². The summed E-state index contributed by atoms with van der Waals surface area (Å²) in [6, 6.07) is 13.5. The van der Waals surface area contributed by atoms with Gasteiger partial charge in [0, 0.05) is 5.57 Å². The topological polar surface area (TPSA) is 35.5 Å². The first kappa shape index (κ1) is 15.1. The van der Waals surface area contributed by atoms with E-state index in [-0.39, 0.29) is 12.4 Å². The van der Waals surface area contributed by atoms with Crippen molar-refractivity contribution in [3.05, 3.63) is 70.8 Å². The smallest absolute Gasteiger partial charge is 0.196 e. The molecule has 3 nitrogen and oxygen atoms in total. The van der Waals surface area contributed by atoms with Crippen LogP contribution >= 0.6 is 0 Å². The summed E-state index contributed by atoms with van der Waals surface area (Å²) in [5.74, 6) is 1.10. The van der Waals surface area contributed by atoms with Crippen LogP contribution in [-0.2, 0) is 0 Å². The maximum Gasteiger partial charge on any atom is 0.196 e.